The Morgan fingerprint density at radius 3 is 2.43 bits per heavy atom. The summed E-state index contributed by atoms with van der Waals surface area (Å²) in [6.45, 7) is 4.48. The summed E-state index contributed by atoms with van der Waals surface area (Å²) in [5, 5.41) is 0. The number of hydrogen-bond donors (Lipinski definition) is 0. The van der Waals surface area contributed by atoms with E-state index >= 15 is 0 Å². The summed E-state index contributed by atoms with van der Waals surface area (Å²) in [7, 11) is 0. The smallest absolute Gasteiger partial charge is 0.135 e. The number of aryl methyl sites for hydroxylation is 1. The average Bonchev–Trinajstić information content (AvgIpc) is 2.53. The molecular formula is C20H25O. The molecule has 2 aromatic carbocycles. The van der Waals surface area contributed by atoms with E-state index in [0.717, 1.165) is 24.3 Å². The van der Waals surface area contributed by atoms with Gasteiger partial charge in [-0.2, -0.15) is 0 Å². The first-order valence-corrected chi connectivity index (χ1v) is 8.10. The monoisotopic (exact) mass is 281 g/mol. The molecule has 0 fully saturated rings. The van der Waals surface area contributed by atoms with Gasteiger partial charge in [0.05, 0.1) is 0 Å². The summed E-state index contributed by atoms with van der Waals surface area (Å²) in [4.78, 5) is 0. The fraction of sp³-hybridized carbons (Fsp3) is 0.400. The van der Waals surface area contributed by atoms with Gasteiger partial charge in [0.25, 0.3) is 0 Å². The molecule has 0 unspecified atom stereocenters. The van der Waals surface area contributed by atoms with E-state index in [2.05, 4.69) is 38.1 Å². The molecule has 0 spiro atoms. The summed E-state index contributed by atoms with van der Waals surface area (Å²) in [5.41, 5.74) is 2.82. The Balaban J connectivity index is 2.25. The Kier molecular flexibility index (Phi) is 6.33. The first-order chi connectivity index (χ1) is 10.3. The predicted octanol–water partition coefficient (Wildman–Crippen LogP) is 5.96. The molecule has 0 saturated heterocycles. The van der Waals surface area contributed by atoms with Gasteiger partial charge < -0.3 is 4.74 Å². The van der Waals surface area contributed by atoms with Gasteiger partial charge in [-0.1, -0.05) is 57.0 Å². The molecule has 1 radical (unpaired) electrons. The minimum atomic E-state index is 0.794. The molecule has 0 N–H and O–H groups in total. The van der Waals surface area contributed by atoms with Crippen molar-refractivity contribution in [2.75, 3.05) is 0 Å². The highest BCUT2D eigenvalue weighted by Crippen LogP contribution is 2.29. The fourth-order valence-electron chi connectivity index (χ4n) is 2.50. The zero-order valence-electron chi connectivity index (χ0n) is 13.2. The van der Waals surface area contributed by atoms with Crippen LogP contribution in [0.25, 0.3) is 0 Å². The lowest BCUT2D eigenvalue weighted by atomic mass is 9.97. The molecule has 0 heterocycles. The van der Waals surface area contributed by atoms with Crippen LogP contribution < -0.4 is 4.74 Å². The Hall–Kier alpha value is -1.76. The van der Waals surface area contributed by atoms with Crippen molar-refractivity contribution in [2.45, 2.75) is 52.4 Å². The summed E-state index contributed by atoms with van der Waals surface area (Å²) < 4.78 is 6.07. The van der Waals surface area contributed by atoms with Gasteiger partial charge >= 0.3 is 0 Å². The van der Waals surface area contributed by atoms with Crippen LogP contribution in [0.4, 0.5) is 0 Å². The second-order valence-corrected chi connectivity index (χ2v) is 5.43. The summed E-state index contributed by atoms with van der Waals surface area (Å²) in [6, 6.07) is 17.4. The van der Waals surface area contributed by atoms with Crippen molar-refractivity contribution in [1.82, 2.24) is 0 Å². The minimum Gasteiger partial charge on any atom is -0.456 e. The number of benzene rings is 2. The molecule has 0 aromatic heterocycles. The predicted molar refractivity (Wildman–Crippen MR) is 89.0 cm³/mol. The molecule has 0 atom stereocenters. The molecule has 0 amide bonds. The zero-order valence-corrected chi connectivity index (χ0v) is 13.2. The minimum absolute atomic E-state index is 0.794. The SMILES string of the molecule is CCCCc1cccc(Oc2[c]cccc2)c1CCCC. The maximum atomic E-state index is 6.07. The lowest BCUT2D eigenvalue weighted by molar-refractivity contribution is 0.472. The standard InChI is InChI=1S/C20H25O/c1-3-5-11-17-12-10-16-20(19(17)15-6-4-2)21-18-13-8-7-9-14-18/h7-10,12-13,16H,3-6,11,15H2,1-2H3. The molecule has 1 heteroatoms. The second-order valence-electron chi connectivity index (χ2n) is 5.43. The second kappa shape index (κ2) is 8.51. The van der Waals surface area contributed by atoms with E-state index in [1.165, 1.54) is 36.8 Å². The van der Waals surface area contributed by atoms with Gasteiger partial charge in [0.2, 0.25) is 0 Å². The van der Waals surface area contributed by atoms with Crippen LogP contribution in [0.2, 0.25) is 0 Å². The Morgan fingerprint density at radius 1 is 0.905 bits per heavy atom. The molecule has 0 aliphatic rings. The van der Waals surface area contributed by atoms with Gasteiger partial charge in [-0.05, 0) is 48.9 Å². The number of rotatable bonds is 8. The van der Waals surface area contributed by atoms with E-state index in [-0.39, 0.29) is 0 Å². The number of para-hydroxylation sites is 1. The topological polar surface area (TPSA) is 9.23 Å². The van der Waals surface area contributed by atoms with Crippen LogP contribution >= 0.6 is 0 Å². The van der Waals surface area contributed by atoms with E-state index in [0.29, 0.717) is 0 Å². The maximum Gasteiger partial charge on any atom is 0.135 e. The molecule has 2 rings (SSSR count). The molecule has 111 valence electrons. The lowest BCUT2D eigenvalue weighted by Crippen LogP contribution is -1.99. The van der Waals surface area contributed by atoms with Crippen molar-refractivity contribution in [3.8, 4) is 11.5 Å². The highest BCUT2D eigenvalue weighted by molar-refractivity contribution is 5.43. The van der Waals surface area contributed by atoms with Gasteiger partial charge in [-0.3, -0.25) is 0 Å². The largest absolute Gasteiger partial charge is 0.456 e. The fourth-order valence-corrected chi connectivity index (χ4v) is 2.50. The Labute approximate surface area is 129 Å². The van der Waals surface area contributed by atoms with Crippen LogP contribution in [0.1, 0.15) is 50.7 Å². The third-order valence-corrected chi connectivity index (χ3v) is 3.71. The highest BCUT2D eigenvalue weighted by Gasteiger charge is 2.10. The summed E-state index contributed by atoms with van der Waals surface area (Å²) in [5.74, 6) is 1.79. The van der Waals surface area contributed by atoms with Crippen LogP contribution in [0.5, 0.6) is 11.5 Å². The molecule has 0 saturated carbocycles. The van der Waals surface area contributed by atoms with E-state index in [1.807, 2.05) is 24.3 Å². The van der Waals surface area contributed by atoms with E-state index in [4.69, 9.17) is 4.74 Å². The van der Waals surface area contributed by atoms with E-state index in [9.17, 15) is 0 Å². The van der Waals surface area contributed by atoms with Crippen LogP contribution in [-0.2, 0) is 12.8 Å². The van der Waals surface area contributed by atoms with Crippen LogP contribution in [-0.4, -0.2) is 0 Å². The van der Waals surface area contributed by atoms with Gasteiger partial charge in [0.1, 0.15) is 11.5 Å². The van der Waals surface area contributed by atoms with Gasteiger partial charge in [-0.15, -0.1) is 0 Å². The molecule has 0 aliphatic carbocycles. The first kappa shape index (κ1) is 15.6. The zero-order chi connectivity index (χ0) is 14.9. The third kappa shape index (κ3) is 4.63. The van der Waals surface area contributed by atoms with Crippen LogP contribution in [0.3, 0.4) is 0 Å². The van der Waals surface area contributed by atoms with Crippen molar-refractivity contribution in [3.63, 3.8) is 0 Å². The quantitative estimate of drug-likeness (QED) is 0.579. The molecular weight excluding hydrogens is 256 g/mol. The van der Waals surface area contributed by atoms with Crippen LogP contribution in [0.15, 0.2) is 42.5 Å². The molecule has 21 heavy (non-hydrogen) atoms. The lowest BCUT2D eigenvalue weighted by Gasteiger charge is -2.15. The average molecular weight is 281 g/mol. The Bertz CT molecular complexity index is 531. The number of hydrogen-bond acceptors (Lipinski definition) is 1. The van der Waals surface area contributed by atoms with Crippen LogP contribution in [0, 0.1) is 6.07 Å². The van der Waals surface area contributed by atoms with Crippen molar-refractivity contribution in [3.05, 3.63) is 59.7 Å². The summed E-state index contributed by atoms with van der Waals surface area (Å²) in [6.07, 6.45) is 7.12. The van der Waals surface area contributed by atoms with Crippen molar-refractivity contribution in [2.24, 2.45) is 0 Å². The van der Waals surface area contributed by atoms with Gasteiger partial charge in [0.15, 0.2) is 0 Å². The highest BCUT2D eigenvalue weighted by atomic mass is 16.5. The number of unbranched alkanes of at least 4 members (excludes halogenated alkanes) is 2. The first-order valence-electron chi connectivity index (χ1n) is 8.10. The molecule has 2 aromatic rings. The Morgan fingerprint density at radius 2 is 1.71 bits per heavy atom. The number of ether oxygens (including phenoxy) is 1. The van der Waals surface area contributed by atoms with E-state index < -0.39 is 0 Å². The van der Waals surface area contributed by atoms with Gasteiger partial charge in [0, 0.05) is 6.07 Å². The molecule has 0 aliphatic heterocycles. The van der Waals surface area contributed by atoms with Crippen molar-refractivity contribution >= 4 is 0 Å². The van der Waals surface area contributed by atoms with Crippen molar-refractivity contribution < 1.29 is 4.74 Å². The summed E-state index contributed by atoms with van der Waals surface area (Å²) >= 11 is 0. The third-order valence-electron chi connectivity index (χ3n) is 3.71. The molecule has 0 bridgehead atoms. The normalized spacial score (nSPS) is 10.6. The maximum absolute atomic E-state index is 6.07. The van der Waals surface area contributed by atoms with E-state index in [1.54, 1.807) is 0 Å². The molecule has 1 nitrogen and oxygen atoms in total. The van der Waals surface area contributed by atoms with Crippen molar-refractivity contribution in [1.29, 1.82) is 0 Å². The van der Waals surface area contributed by atoms with Gasteiger partial charge in [-0.25, -0.2) is 0 Å².